The monoisotopic (exact) mass is 527 g/mol. The zero-order chi connectivity index (χ0) is 27.3. The first-order valence-corrected chi connectivity index (χ1v) is 12.9. The number of pyridine rings is 2. The molecule has 1 saturated heterocycles. The Morgan fingerprint density at radius 1 is 0.846 bits per heavy atom. The zero-order valence-electron chi connectivity index (χ0n) is 22.0. The van der Waals surface area contributed by atoms with Crippen LogP contribution in [0, 0.1) is 5.92 Å². The minimum absolute atomic E-state index is 0.00500. The molecule has 6 rings (SSSR count). The Labute approximate surface area is 224 Å². The third kappa shape index (κ3) is 4.05. The molecule has 2 unspecified atom stereocenters. The number of likely N-dealkylation sites (tertiary alicyclic amines) is 1. The van der Waals surface area contributed by atoms with E-state index in [1.165, 1.54) is 25.9 Å². The van der Waals surface area contributed by atoms with E-state index in [0.717, 1.165) is 12.1 Å². The highest BCUT2D eigenvalue weighted by molar-refractivity contribution is 6.06. The van der Waals surface area contributed by atoms with Gasteiger partial charge in [-0.1, -0.05) is 24.3 Å². The highest BCUT2D eigenvalue weighted by atomic mass is 16.5. The van der Waals surface area contributed by atoms with Crippen molar-refractivity contribution in [1.29, 1.82) is 0 Å². The van der Waals surface area contributed by atoms with E-state index in [2.05, 4.69) is 0 Å². The van der Waals surface area contributed by atoms with Gasteiger partial charge in [-0.3, -0.25) is 19.0 Å². The molecule has 0 N–H and O–H groups in total. The largest absolute Gasteiger partial charge is 0.493 e. The molecule has 9 nitrogen and oxygen atoms in total. The van der Waals surface area contributed by atoms with E-state index in [4.69, 9.17) is 14.2 Å². The number of rotatable bonds is 5. The van der Waals surface area contributed by atoms with E-state index in [1.54, 1.807) is 42.6 Å². The molecule has 2 aromatic carbocycles. The molecular weight excluding hydrogens is 498 g/mol. The Hall–Kier alpha value is -4.53. The van der Waals surface area contributed by atoms with Crippen molar-refractivity contribution in [2.24, 2.45) is 5.92 Å². The van der Waals surface area contributed by atoms with Gasteiger partial charge in [0.05, 0.1) is 32.6 Å². The van der Waals surface area contributed by atoms with E-state index in [1.807, 2.05) is 27.7 Å². The molecule has 4 heterocycles. The normalized spacial score (nSPS) is 18.0. The molecule has 2 aliphatic heterocycles. The second-order valence-corrected chi connectivity index (χ2v) is 10.1. The molecule has 4 aromatic rings. The predicted molar refractivity (Wildman–Crippen MR) is 147 cm³/mol. The maximum absolute atomic E-state index is 14.1. The van der Waals surface area contributed by atoms with E-state index in [-0.39, 0.29) is 28.9 Å². The first-order chi connectivity index (χ1) is 18.9. The Morgan fingerprint density at radius 3 is 2.26 bits per heavy atom. The number of amides is 1. The van der Waals surface area contributed by atoms with Crippen LogP contribution in [0.1, 0.15) is 28.4 Å². The quantitative estimate of drug-likeness (QED) is 0.395. The number of fused-ring (bicyclic) bond motifs is 5. The van der Waals surface area contributed by atoms with Crippen LogP contribution < -0.4 is 25.3 Å². The first-order valence-electron chi connectivity index (χ1n) is 12.9. The average Bonchev–Trinajstić information content (AvgIpc) is 2.97. The fraction of sp³-hybridized carbons (Fsp3) is 0.300. The van der Waals surface area contributed by atoms with Crippen molar-refractivity contribution < 1.29 is 19.0 Å². The molecule has 1 amide bonds. The summed E-state index contributed by atoms with van der Waals surface area (Å²) in [6.45, 7) is 1.66. The number of carbonyl (C=O) groups is 1. The number of aromatic nitrogens is 2. The summed E-state index contributed by atoms with van der Waals surface area (Å²) in [4.78, 5) is 42.1. The van der Waals surface area contributed by atoms with Gasteiger partial charge in [0, 0.05) is 66.4 Å². The molecule has 1 fully saturated rings. The van der Waals surface area contributed by atoms with Crippen molar-refractivity contribution in [3.8, 4) is 22.9 Å². The Bertz CT molecular complexity index is 1700. The molecule has 0 saturated carbocycles. The Balaban J connectivity index is 1.46. The molecule has 0 radical (unpaired) electrons. The third-order valence-electron chi connectivity index (χ3n) is 7.85. The maximum Gasteiger partial charge on any atom is 0.263 e. The molecule has 9 heteroatoms. The van der Waals surface area contributed by atoms with Gasteiger partial charge in [0.25, 0.3) is 17.0 Å². The number of benzene rings is 2. The number of nitrogens with zero attached hydrogens (tertiary/aromatic N) is 3. The van der Waals surface area contributed by atoms with Crippen LogP contribution in [-0.2, 0) is 6.54 Å². The lowest BCUT2D eigenvalue weighted by Crippen LogP contribution is -2.49. The Morgan fingerprint density at radius 2 is 1.56 bits per heavy atom. The summed E-state index contributed by atoms with van der Waals surface area (Å²) in [6, 6.07) is 15.9. The summed E-state index contributed by atoms with van der Waals surface area (Å²) in [6.07, 6.45) is 2.55. The lowest BCUT2D eigenvalue weighted by atomic mass is 9.83. The van der Waals surface area contributed by atoms with E-state index < -0.39 is 0 Å². The number of carbonyl (C=O) groups excluding carboxylic acids is 1. The second kappa shape index (κ2) is 9.65. The lowest BCUT2D eigenvalue weighted by molar-refractivity contribution is 0.0596. The third-order valence-corrected chi connectivity index (χ3v) is 7.85. The van der Waals surface area contributed by atoms with Gasteiger partial charge >= 0.3 is 0 Å². The fourth-order valence-electron chi connectivity index (χ4n) is 6.09. The zero-order valence-corrected chi connectivity index (χ0v) is 22.0. The van der Waals surface area contributed by atoms with Gasteiger partial charge in [0.15, 0.2) is 11.5 Å². The van der Waals surface area contributed by atoms with Gasteiger partial charge < -0.3 is 23.7 Å². The highest BCUT2D eigenvalue weighted by Crippen LogP contribution is 2.40. The van der Waals surface area contributed by atoms with E-state index in [0.29, 0.717) is 58.9 Å². The summed E-state index contributed by atoms with van der Waals surface area (Å²) in [7, 11) is 4.54. The van der Waals surface area contributed by atoms with Crippen molar-refractivity contribution >= 4 is 16.7 Å². The van der Waals surface area contributed by atoms with Crippen LogP contribution in [-0.4, -0.2) is 54.4 Å². The van der Waals surface area contributed by atoms with Crippen molar-refractivity contribution in [2.45, 2.75) is 18.9 Å². The number of ether oxygens (including phenoxy) is 3. The number of hydrogen-bond donors (Lipinski definition) is 0. The van der Waals surface area contributed by atoms with E-state index in [9.17, 15) is 14.4 Å². The SMILES string of the molecule is COc1cc(-n2cc(C(=O)N3CC4CC(C3)c3cccc(=O)n3C4)c3ccccc3c2=O)cc(OC)c1OC. The maximum atomic E-state index is 14.1. The molecular formula is C30H29N3O6. The van der Waals surface area contributed by atoms with Gasteiger partial charge in [-0.25, -0.2) is 0 Å². The van der Waals surface area contributed by atoms with Crippen LogP contribution in [0.25, 0.3) is 16.5 Å². The summed E-state index contributed by atoms with van der Waals surface area (Å²) < 4.78 is 19.7. The van der Waals surface area contributed by atoms with Crippen LogP contribution in [0.15, 0.2) is 70.4 Å². The Kier molecular flexibility index (Phi) is 6.13. The molecule has 0 aliphatic carbocycles. The predicted octanol–water partition coefficient (Wildman–Crippen LogP) is 3.44. The summed E-state index contributed by atoms with van der Waals surface area (Å²) in [5.74, 6) is 1.34. The molecule has 2 atom stereocenters. The first kappa shape index (κ1) is 24.8. The smallest absolute Gasteiger partial charge is 0.263 e. The van der Waals surface area contributed by atoms with Gasteiger partial charge in [-0.05, 0) is 24.5 Å². The molecule has 2 bridgehead atoms. The molecule has 2 aromatic heterocycles. The number of piperidine rings is 1. The minimum Gasteiger partial charge on any atom is -0.493 e. The van der Waals surface area contributed by atoms with Crippen molar-refractivity contribution in [2.75, 3.05) is 34.4 Å². The number of methoxy groups -OCH3 is 3. The molecule has 0 spiro atoms. The molecule has 200 valence electrons. The number of hydrogen-bond acceptors (Lipinski definition) is 6. The second-order valence-electron chi connectivity index (χ2n) is 10.1. The average molecular weight is 528 g/mol. The standard InChI is InChI=1S/C30H29N3O6/c1-37-25-12-20(13-26(38-2)28(25)39-3)32-17-23(21-7-4-5-8-22(21)30(32)36)29(35)31-14-18-11-19(16-31)24-9-6-10-27(34)33(24)15-18/h4-10,12-13,17-19H,11,14-16H2,1-3H3. The van der Waals surface area contributed by atoms with Gasteiger partial charge in [0.2, 0.25) is 5.75 Å². The molecule has 2 aliphatic rings. The van der Waals surface area contributed by atoms with Gasteiger partial charge in [-0.15, -0.1) is 0 Å². The fourth-order valence-corrected chi connectivity index (χ4v) is 6.09. The van der Waals surface area contributed by atoms with E-state index >= 15 is 0 Å². The van der Waals surface area contributed by atoms with Crippen LogP contribution in [0.3, 0.4) is 0 Å². The summed E-state index contributed by atoms with van der Waals surface area (Å²) in [5.41, 5.74) is 1.64. The van der Waals surface area contributed by atoms with Crippen molar-refractivity contribution in [1.82, 2.24) is 14.0 Å². The van der Waals surface area contributed by atoms with Crippen LogP contribution >= 0.6 is 0 Å². The summed E-state index contributed by atoms with van der Waals surface area (Å²) >= 11 is 0. The highest BCUT2D eigenvalue weighted by Gasteiger charge is 2.37. The topological polar surface area (TPSA) is 92.0 Å². The van der Waals surface area contributed by atoms with Gasteiger partial charge in [-0.2, -0.15) is 0 Å². The minimum atomic E-state index is -0.264. The van der Waals surface area contributed by atoms with Gasteiger partial charge in [0.1, 0.15) is 0 Å². The molecule has 39 heavy (non-hydrogen) atoms. The summed E-state index contributed by atoms with van der Waals surface area (Å²) in [5, 5.41) is 1.04. The lowest BCUT2D eigenvalue weighted by Gasteiger charge is -2.42. The van der Waals surface area contributed by atoms with Crippen LogP contribution in [0.5, 0.6) is 17.2 Å². The van der Waals surface area contributed by atoms with Crippen LogP contribution in [0.4, 0.5) is 0 Å². The van der Waals surface area contributed by atoms with Crippen LogP contribution in [0.2, 0.25) is 0 Å². The van der Waals surface area contributed by atoms with Crippen molar-refractivity contribution in [3.63, 3.8) is 0 Å². The van der Waals surface area contributed by atoms with Crippen molar-refractivity contribution in [3.05, 3.63) is 92.8 Å².